The summed E-state index contributed by atoms with van der Waals surface area (Å²) in [4.78, 5) is 29.8. The Balaban J connectivity index is 1.16. The van der Waals surface area contributed by atoms with Crippen molar-refractivity contribution in [2.24, 2.45) is 0 Å². The molecule has 0 spiro atoms. The van der Waals surface area contributed by atoms with Gasteiger partial charge in [-0.2, -0.15) is 0 Å². The van der Waals surface area contributed by atoms with Crippen molar-refractivity contribution in [3.05, 3.63) is 103 Å². The van der Waals surface area contributed by atoms with Crippen LogP contribution in [0.5, 0.6) is 23.0 Å². The Morgan fingerprint density at radius 1 is 0.342 bits per heavy atom. The number of carbonyl (C=O) groups excluding carboxylic acids is 2. The van der Waals surface area contributed by atoms with E-state index in [9.17, 15) is 9.59 Å². The average Bonchev–Trinajstić information content (AvgIpc) is 4.07. The predicted molar refractivity (Wildman–Crippen MR) is 323 cm³/mol. The molecule has 416 valence electrons. The molecular formula is C64H88O8S4. The van der Waals surface area contributed by atoms with Gasteiger partial charge in [-0.1, -0.05) is 230 Å². The molecule has 0 amide bonds. The highest BCUT2D eigenvalue weighted by molar-refractivity contribution is 8.32. The van der Waals surface area contributed by atoms with Crippen LogP contribution in [0.1, 0.15) is 228 Å². The number of esters is 2. The summed E-state index contributed by atoms with van der Waals surface area (Å²) in [5.74, 6) is 1.35. The summed E-state index contributed by atoms with van der Waals surface area (Å²) in [6.45, 7) is 11.5. The summed E-state index contributed by atoms with van der Waals surface area (Å²) in [5.41, 5.74) is 0.828. The molecule has 12 heteroatoms. The molecule has 0 unspecified atom stereocenters. The van der Waals surface area contributed by atoms with Gasteiger partial charge in [0.1, 0.15) is 11.5 Å². The van der Waals surface area contributed by atoms with E-state index in [1.165, 1.54) is 139 Å². The average molecular weight is 1110 g/mol. The van der Waals surface area contributed by atoms with Gasteiger partial charge in [-0.15, -0.1) is 0 Å². The molecule has 2 heterocycles. The van der Waals surface area contributed by atoms with Crippen LogP contribution in [-0.4, -0.2) is 38.4 Å². The maximum absolute atomic E-state index is 14.2. The number of hydrogen-bond donors (Lipinski definition) is 0. The van der Waals surface area contributed by atoms with E-state index >= 15 is 0 Å². The fourth-order valence-corrected chi connectivity index (χ4v) is 14.4. The third kappa shape index (κ3) is 20.8. The van der Waals surface area contributed by atoms with Gasteiger partial charge in [0.25, 0.3) is 0 Å². The SMILES string of the molecule is CCCCCCCCCCCCOc1ccc(C(=O)Oc2c3c(c(OC(=O)c4ccc(OCCCCCCCCCCCC)cc4)c4ccccc24)SC(=C2SC(OCCCCCC)=C(OCCCCCC)S2)S3)cc1. The summed E-state index contributed by atoms with van der Waals surface area (Å²) in [5, 5.41) is 2.90. The molecule has 8 nitrogen and oxygen atoms in total. The van der Waals surface area contributed by atoms with Crippen molar-refractivity contribution in [2.75, 3.05) is 26.4 Å². The molecule has 6 rings (SSSR count). The van der Waals surface area contributed by atoms with Crippen LogP contribution in [-0.2, 0) is 9.47 Å². The first-order valence-electron chi connectivity index (χ1n) is 29.4. The molecular weight excluding hydrogens is 1020 g/mol. The zero-order valence-electron chi connectivity index (χ0n) is 46.5. The third-order valence-electron chi connectivity index (χ3n) is 13.7. The number of thioether (sulfide) groups is 4. The van der Waals surface area contributed by atoms with Gasteiger partial charge in [0.2, 0.25) is 10.2 Å². The highest BCUT2D eigenvalue weighted by Crippen LogP contribution is 2.66. The van der Waals surface area contributed by atoms with Gasteiger partial charge in [-0.25, -0.2) is 9.59 Å². The molecule has 4 aromatic rings. The standard InChI is InChI=1S/C64H88O8S4/c1-5-9-13-17-19-21-23-25-27-33-45-67-51-41-37-49(38-42-51)59(65)71-55-53-35-29-30-36-54(53)56(72-60(66)50-39-43-52(44-40-50)68-46-34-28-26-24-22-20-18-14-10-6-2)58-57(55)73-63(74-58)64-75-61(69-47-31-15-11-7-3)62(76-64)70-48-32-16-12-8-4/h29-30,35-44H,5-28,31-34,45-48H2,1-4H3. The van der Waals surface area contributed by atoms with E-state index < -0.39 is 11.9 Å². The molecule has 0 fully saturated rings. The van der Waals surface area contributed by atoms with Gasteiger partial charge in [0.05, 0.1) is 55.8 Å². The number of fused-ring (bicyclic) bond motifs is 2. The van der Waals surface area contributed by atoms with Crippen LogP contribution in [0.25, 0.3) is 10.8 Å². The van der Waals surface area contributed by atoms with E-state index in [-0.39, 0.29) is 0 Å². The molecule has 0 saturated carbocycles. The number of hydrogen-bond acceptors (Lipinski definition) is 12. The summed E-state index contributed by atoms with van der Waals surface area (Å²) < 4.78 is 40.0. The second-order valence-corrected chi connectivity index (χ2v) is 24.7. The summed E-state index contributed by atoms with van der Waals surface area (Å²) in [6.07, 6.45) is 34.3. The van der Waals surface area contributed by atoms with E-state index in [0.29, 0.717) is 69.6 Å². The van der Waals surface area contributed by atoms with Crippen molar-refractivity contribution in [1.29, 1.82) is 0 Å². The van der Waals surface area contributed by atoms with Crippen molar-refractivity contribution in [1.82, 2.24) is 0 Å². The van der Waals surface area contributed by atoms with Gasteiger partial charge in [-0.05, 0) is 97.7 Å². The minimum atomic E-state index is -0.482. The lowest BCUT2D eigenvalue weighted by Gasteiger charge is -2.16. The predicted octanol–water partition coefficient (Wildman–Crippen LogP) is 21.0. The molecule has 0 atom stereocenters. The molecule has 4 aromatic carbocycles. The van der Waals surface area contributed by atoms with E-state index in [2.05, 4.69) is 27.7 Å². The quantitative estimate of drug-likeness (QED) is 0.0241. The largest absolute Gasteiger partial charge is 0.494 e. The highest BCUT2D eigenvalue weighted by Gasteiger charge is 2.36. The smallest absolute Gasteiger partial charge is 0.343 e. The lowest BCUT2D eigenvalue weighted by molar-refractivity contribution is 0.0715. The van der Waals surface area contributed by atoms with Crippen molar-refractivity contribution in [2.45, 2.75) is 217 Å². The Morgan fingerprint density at radius 3 is 0.974 bits per heavy atom. The monoisotopic (exact) mass is 1110 g/mol. The molecule has 0 radical (unpaired) electrons. The van der Waals surface area contributed by atoms with Crippen LogP contribution in [0.2, 0.25) is 0 Å². The van der Waals surface area contributed by atoms with Crippen LogP contribution in [0.3, 0.4) is 0 Å². The molecule has 0 bridgehead atoms. The molecule has 0 aliphatic carbocycles. The molecule has 0 aromatic heterocycles. The number of benzene rings is 4. The van der Waals surface area contributed by atoms with Gasteiger partial charge in [0.15, 0.2) is 11.5 Å². The summed E-state index contributed by atoms with van der Waals surface area (Å²) in [6, 6.07) is 22.1. The maximum Gasteiger partial charge on any atom is 0.343 e. The zero-order chi connectivity index (χ0) is 53.4. The molecule has 2 aliphatic rings. The Bertz CT molecular complexity index is 2240. The first kappa shape index (κ1) is 61.4. The van der Waals surface area contributed by atoms with Gasteiger partial charge in [-0.3, -0.25) is 0 Å². The second kappa shape index (κ2) is 36.4. The molecule has 2 aliphatic heterocycles. The fraction of sp³-hybridized carbons (Fsp3) is 0.562. The minimum Gasteiger partial charge on any atom is -0.494 e. The lowest BCUT2D eigenvalue weighted by atomic mass is 10.1. The zero-order valence-corrected chi connectivity index (χ0v) is 49.7. The van der Waals surface area contributed by atoms with Gasteiger partial charge < -0.3 is 28.4 Å². The Morgan fingerprint density at radius 2 is 0.632 bits per heavy atom. The van der Waals surface area contributed by atoms with Crippen LogP contribution < -0.4 is 18.9 Å². The van der Waals surface area contributed by atoms with Crippen LogP contribution in [0, 0.1) is 0 Å². The molecule has 0 N–H and O–H groups in total. The highest BCUT2D eigenvalue weighted by atomic mass is 32.2. The first-order chi connectivity index (χ1) is 37.4. The van der Waals surface area contributed by atoms with Crippen molar-refractivity contribution < 1.29 is 38.0 Å². The van der Waals surface area contributed by atoms with E-state index in [1.54, 1.807) is 47.8 Å². The van der Waals surface area contributed by atoms with Crippen molar-refractivity contribution in [3.8, 4) is 23.0 Å². The van der Waals surface area contributed by atoms with E-state index in [0.717, 1.165) is 94.4 Å². The first-order valence-corrected chi connectivity index (χ1v) is 32.6. The van der Waals surface area contributed by atoms with E-state index in [1.807, 2.05) is 48.5 Å². The Kier molecular flexibility index (Phi) is 29.4. The lowest BCUT2D eigenvalue weighted by Crippen LogP contribution is -2.12. The van der Waals surface area contributed by atoms with Crippen molar-refractivity contribution in [3.63, 3.8) is 0 Å². The third-order valence-corrected chi connectivity index (χ3v) is 19.2. The van der Waals surface area contributed by atoms with Crippen LogP contribution in [0.15, 0.2) is 101 Å². The molecule has 76 heavy (non-hydrogen) atoms. The fourth-order valence-electron chi connectivity index (χ4n) is 9.16. The number of ether oxygens (including phenoxy) is 6. The van der Waals surface area contributed by atoms with Gasteiger partial charge in [0, 0.05) is 10.8 Å². The van der Waals surface area contributed by atoms with Crippen LogP contribution in [0.4, 0.5) is 0 Å². The second-order valence-electron chi connectivity index (χ2n) is 20.1. The number of carbonyl (C=O) groups is 2. The molecule has 0 saturated heterocycles. The van der Waals surface area contributed by atoms with Gasteiger partial charge >= 0.3 is 11.9 Å². The minimum absolute atomic E-state index is 0.414. The number of unbranched alkanes of at least 4 members (excludes halogenated alkanes) is 24. The summed E-state index contributed by atoms with van der Waals surface area (Å²) in [7, 11) is 0. The topological polar surface area (TPSA) is 89.5 Å². The van der Waals surface area contributed by atoms with Crippen molar-refractivity contribution >= 4 is 69.8 Å². The summed E-state index contributed by atoms with van der Waals surface area (Å²) >= 11 is 6.21. The Hall–Kier alpha value is -3.84. The number of rotatable bonds is 40. The Labute approximate surface area is 474 Å². The van der Waals surface area contributed by atoms with E-state index in [4.69, 9.17) is 28.4 Å². The van der Waals surface area contributed by atoms with Crippen LogP contribution >= 0.6 is 47.0 Å². The normalized spacial score (nSPS) is 13.2. The maximum atomic E-state index is 14.2.